The Labute approximate surface area is 192 Å². The lowest BCUT2D eigenvalue weighted by molar-refractivity contribution is 0.210. The Hall–Kier alpha value is -2.62. The third-order valence-electron chi connectivity index (χ3n) is 4.57. The molecule has 4 rings (SSSR count). The Balaban J connectivity index is 1.53. The van der Waals surface area contributed by atoms with Crippen molar-refractivity contribution in [1.29, 1.82) is 0 Å². The van der Waals surface area contributed by atoms with Crippen molar-refractivity contribution >= 4 is 39.7 Å². The Morgan fingerprint density at radius 1 is 1.35 bits per heavy atom. The molecule has 7 nitrogen and oxygen atoms in total. The van der Waals surface area contributed by atoms with Gasteiger partial charge in [0.05, 0.1) is 5.69 Å². The molecule has 0 amide bonds. The van der Waals surface area contributed by atoms with E-state index in [4.69, 9.17) is 16.3 Å². The minimum atomic E-state index is -0.326. The highest BCUT2D eigenvalue weighted by molar-refractivity contribution is 7.98. The smallest absolute Gasteiger partial charge is 0.258 e. The standard InChI is InChI=1S/C21H20ClN5O2S2/c1-4-7-27-19(14(3)29-16-5-6-17(22)13(2)10-16)24-25-21(27)31-12-15-11-18(28)26-8-9-30-20(26)23-15/h4-6,8-11,14H,1,7,12H2,2-3H3. The highest BCUT2D eigenvalue weighted by Crippen LogP contribution is 2.28. The number of ether oxygens (including phenoxy) is 1. The number of aromatic nitrogens is 5. The number of hydrogen-bond donors (Lipinski definition) is 0. The molecule has 160 valence electrons. The van der Waals surface area contributed by atoms with Crippen LogP contribution in [-0.2, 0) is 12.3 Å². The van der Waals surface area contributed by atoms with Crippen LogP contribution in [0.1, 0.15) is 30.1 Å². The maximum absolute atomic E-state index is 12.2. The molecule has 3 heterocycles. The molecular formula is C21H20ClN5O2S2. The Bertz CT molecular complexity index is 1300. The third-order valence-corrected chi connectivity index (χ3v) is 6.75. The molecule has 0 bridgehead atoms. The second kappa shape index (κ2) is 9.25. The van der Waals surface area contributed by atoms with Gasteiger partial charge in [-0.1, -0.05) is 29.4 Å². The molecule has 31 heavy (non-hydrogen) atoms. The van der Waals surface area contributed by atoms with E-state index in [1.165, 1.54) is 27.5 Å². The van der Waals surface area contributed by atoms with Gasteiger partial charge in [-0.15, -0.1) is 28.1 Å². The number of nitrogens with zero attached hydrogens (tertiary/aromatic N) is 5. The predicted molar refractivity (Wildman–Crippen MR) is 124 cm³/mol. The number of hydrogen-bond acceptors (Lipinski definition) is 7. The summed E-state index contributed by atoms with van der Waals surface area (Å²) in [6, 6.07) is 7.10. The molecule has 4 aromatic rings. The van der Waals surface area contributed by atoms with Crippen LogP contribution in [0.25, 0.3) is 4.96 Å². The number of rotatable bonds is 8. The monoisotopic (exact) mass is 473 g/mol. The fraction of sp³-hybridized carbons (Fsp3) is 0.238. The SMILES string of the molecule is C=CCn1c(SCc2cc(=O)n3ccsc3n2)nnc1C(C)Oc1ccc(Cl)c(C)c1. The van der Waals surface area contributed by atoms with Crippen LogP contribution < -0.4 is 10.3 Å². The van der Waals surface area contributed by atoms with Crippen LogP contribution in [0.3, 0.4) is 0 Å². The van der Waals surface area contributed by atoms with Crippen molar-refractivity contribution < 1.29 is 4.74 Å². The molecule has 3 aromatic heterocycles. The molecule has 0 aliphatic rings. The van der Waals surface area contributed by atoms with Crippen molar-refractivity contribution in [3.8, 4) is 5.75 Å². The van der Waals surface area contributed by atoms with Gasteiger partial charge in [0.15, 0.2) is 22.0 Å². The second-order valence-corrected chi connectivity index (χ2v) is 9.06. The molecule has 1 atom stereocenters. The summed E-state index contributed by atoms with van der Waals surface area (Å²) in [5.41, 5.74) is 1.56. The first-order chi connectivity index (χ1) is 15.0. The summed E-state index contributed by atoms with van der Waals surface area (Å²) in [6.07, 6.45) is 3.19. The van der Waals surface area contributed by atoms with Gasteiger partial charge in [0.2, 0.25) is 0 Å². The van der Waals surface area contributed by atoms with Crippen molar-refractivity contribution in [2.75, 3.05) is 0 Å². The van der Waals surface area contributed by atoms with Gasteiger partial charge in [0.1, 0.15) is 5.75 Å². The van der Waals surface area contributed by atoms with E-state index in [-0.39, 0.29) is 11.7 Å². The molecule has 0 aliphatic heterocycles. The van der Waals surface area contributed by atoms with E-state index in [1.54, 1.807) is 18.3 Å². The molecule has 10 heteroatoms. The Morgan fingerprint density at radius 3 is 2.97 bits per heavy atom. The minimum absolute atomic E-state index is 0.0876. The van der Waals surface area contributed by atoms with Crippen molar-refractivity contribution in [1.82, 2.24) is 24.1 Å². The van der Waals surface area contributed by atoms with Gasteiger partial charge in [0, 0.05) is 35.0 Å². The molecule has 0 saturated carbocycles. The average molecular weight is 474 g/mol. The first-order valence-electron chi connectivity index (χ1n) is 9.51. The lowest BCUT2D eigenvalue weighted by Gasteiger charge is -2.16. The summed E-state index contributed by atoms with van der Waals surface area (Å²) in [7, 11) is 0. The van der Waals surface area contributed by atoms with Gasteiger partial charge in [-0.2, -0.15) is 0 Å². The van der Waals surface area contributed by atoms with Crippen LogP contribution in [0.2, 0.25) is 5.02 Å². The van der Waals surface area contributed by atoms with Gasteiger partial charge in [-0.05, 0) is 37.6 Å². The summed E-state index contributed by atoms with van der Waals surface area (Å²) in [5.74, 6) is 1.91. The van der Waals surface area contributed by atoms with Gasteiger partial charge in [0.25, 0.3) is 5.56 Å². The normalized spacial score (nSPS) is 12.2. The van der Waals surface area contributed by atoms with Crippen LogP contribution in [0.15, 0.2) is 58.4 Å². The van der Waals surface area contributed by atoms with Crippen LogP contribution >= 0.6 is 34.7 Å². The zero-order valence-corrected chi connectivity index (χ0v) is 19.4. The molecule has 0 N–H and O–H groups in total. The molecule has 1 aromatic carbocycles. The molecule has 0 fully saturated rings. The van der Waals surface area contributed by atoms with Crippen LogP contribution in [0.4, 0.5) is 0 Å². The maximum atomic E-state index is 12.2. The quantitative estimate of drug-likeness (QED) is 0.267. The highest BCUT2D eigenvalue weighted by atomic mass is 35.5. The van der Waals surface area contributed by atoms with Crippen LogP contribution in [0, 0.1) is 6.92 Å². The average Bonchev–Trinajstić information content (AvgIpc) is 3.37. The second-order valence-electron chi connectivity index (χ2n) is 6.84. The number of allylic oxidation sites excluding steroid dienone is 1. The summed E-state index contributed by atoms with van der Waals surface area (Å²) in [4.78, 5) is 17.4. The van der Waals surface area contributed by atoms with Gasteiger partial charge < -0.3 is 4.74 Å². The highest BCUT2D eigenvalue weighted by Gasteiger charge is 2.19. The number of thiazole rings is 1. The predicted octanol–water partition coefficient (Wildman–Crippen LogP) is 4.93. The molecule has 0 aliphatic carbocycles. The van der Waals surface area contributed by atoms with Crippen molar-refractivity contribution in [2.45, 2.75) is 37.4 Å². The zero-order valence-electron chi connectivity index (χ0n) is 17.0. The summed E-state index contributed by atoms with van der Waals surface area (Å²) in [6.45, 7) is 8.24. The van der Waals surface area contributed by atoms with Crippen molar-refractivity contribution in [2.24, 2.45) is 0 Å². The maximum Gasteiger partial charge on any atom is 0.258 e. The molecule has 0 radical (unpaired) electrons. The fourth-order valence-electron chi connectivity index (χ4n) is 3.06. The summed E-state index contributed by atoms with van der Waals surface area (Å²) >= 11 is 9.01. The van der Waals surface area contributed by atoms with E-state index >= 15 is 0 Å². The first-order valence-corrected chi connectivity index (χ1v) is 11.8. The van der Waals surface area contributed by atoms with Gasteiger partial charge >= 0.3 is 0 Å². The number of halogens is 1. The summed E-state index contributed by atoms with van der Waals surface area (Å²) < 4.78 is 9.57. The van der Waals surface area contributed by atoms with E-state index in [1.807, 2.05) is 42.0 Å². The summed E-state index contributed by atoms with van der Waals surface area (Å²) in [5, 5.41) is 11.9. The Morgan fingerprint density at radius 2 is 2.19 bits per heavy atom. The van der Waals surface area contributed by atoms with Crippen molar-refractivity contribution in [3.05, 3.63) is 81.0 Å². The van der Waals surface area contributed by atoms with E-state index in [0.29, 0.717) is 44.7 Å². The van der Waals surface area contributed by atoms with E-state index in [2.05, 4.69) is 21.8 Å². The molecule has 1 unspecified atom stereocenters. The number of thioether (sulfide) groups is 1. The Kier molecular flexibility index (Phi) is 6.45. The minimum Gasteiger partial charge on any atom is -0.483 e. The lowest BCUT2D eigenvalue weighted by atomic mass is 10.2. The van der Waals surface area contributed by atoms with Gasteiger partial charge in [-0.25, -0.2) is 4.98 Å². The number of fused-ring (bicyclic) bond motifs is 1. The molecule has 0 spiro atoms. The number of benzene rings is 1. The number of aryl methyl sites for hydroxylation is 1. The van der Waals surface area contributed by atoms with Crippen LogP contribution in [-0.4, -0.2) is 24.1 Å². The fourth-order valence-corrected chi connectivity index (χ4v) is 4.76. The largest absolute Gasteiger partial charge is 0.483 e. The zero-order chi connectivity index (χ0) is 22.0. The van der Waals surface area contributed by atoms with E-state index < -0.39 is 0 Å². The van der Waals surface area contributed by atoms with Gasteiger partial charge in [-0.3, -0.25) is 13.8 Å². The molecule has 0 saturated heterocycles. The van der Waals surface area contributed by atoms with E-state index in [9.17, 15) is 4.79 Å². The molecular weight excluding hydrogens is 454 g/mol. The van der Waals surface area contributed by atoms with Crippen LogP contribution in [0.5, 0.6) is 5.75 Å². The topological polar surface area (TPSA) is 74.3 Å². The van der Waals surface area contributed by atoms with Crippen molar-refractivity contribution in [3.63, 3.8) is 0 Å². The van der Waals surface area contributed by atoms with E-state index in [0.717, 1.165) is 5.56 Å². The lowest BCUT2D eigenvalue weighted by Crippen LogP contribution is -2.13. The first kappa shape index (κ1) is 21.6. The third kappa shape index (κ3) is 4.68.